The number of benzene rings is 3. The van der Waals surface area contributed by atoms with Crippen molar-refractivity contribution in [2.45, 2.75) is 25.3 Å². The average Bonchev–Trinajstić information content (AvgIpc) is 2.82. The molecule has 1 aliphatic carbocycles. The molecule has 2 aliphatic rings. The monoisotopic (exact) mass is 487 g/mol. The van der Waals surface area contributed by atoms with Gasteiger partial charge < -0.3 is 14.8 Å². The van der Waals surface area contributed by atoms with Crippen molar-refractivity contribution in [2.24, 2.45) is 0 Å². The first-order valence-corrected chi connectivity index (χ1v) is 11.4. The van der Waals surface area contributed by atoms with Gasteiger partial charge in [-0.3, -0.25) is 4.79 Å². The number of halogens is 1. The minimum atomic E-state index is -0.356. The van der Waals surface area contributed by atoms with E-state index in [9.17, 15) is 4.79 Å². The zero-order valence-corrected chi connectivity index (χ0v) is 19.3. The summed E-state index contributed by atoms with van der Waals surface area (Å²) in [4.78, 5) is 13.3. The van der Waals surface area contributed by atoms with E-state index in [1.54, 1.807) is 7.11 Å². The highest BCUT2D eigenvalue weighted by Gasteiger charge is 2.37. The molecule has 32 heavy (non-hydrogen) atoms. The van der Waals surface area contributed by atoms with E-state index in [1.165, 1.54) is 5.39 Å². The van der Waals surface area contributed by atoms with E-state index >= 15 is 0 Å². The lowest BCUT2D eigenvalue weighted by Crippen LogP contribution is -2.28. The number of methoxy groups -OCH3 is 1. The van der Waals surface area contributed by atoms with Crippen molar-refractivity contribution in [1.29, 1.82) is 0 Å². The Balaban J connectivity index is 1.77. The lowest BCUT2D eigenvalue weighted by Gasteiger charge is -2.36. The summed E-state index contributed by atoms with van der Waals surface area (Å²) in [6, 6.07) is 16.0. The van der Waals surface area contributed by atoms with E-state index in [1.807, 2.05) is 24.3 Å². The number of hydrogen-bond donors (Lipinski definition) is 1. The summed E-state index contributed by atoms with van der Waals surface area (Å²) in [5.41, 5.74) is 4.91. The fourth-order valence-corrected chi connectivity index (χ4v) is 5.31. The molecule has 3 aromatic rings. The van der Waals surface area contributed by atoms with Crippen molar-refractivity contribution in [2.75, 3.05) is 19.0 Å². The second kappa shape index (κ2) is 8.37. The third-order valence-corrected chi connectivity index (χ3v) is 6.61. The first-order chi connectivity index (χ1) is 15.6. The van der Waals surface area contributed by atoms with Crippen LogP contribution in [0.2, 0.25) is 0 Å². The van der Waals surface area contributed by atoms with Crippen LogP contribution in [0, 0.1) is 12.3 Å². The lowest BCUT2D eigenvalue weighted by molar-refractivity contribution is -0.116. The predicted octanol–water partition coefficient (Wildman–Crippen LogP) is 6.30. The lowest BCUT2D eigenvalue weighted by atomic mass is 9.76. The van der Waals surface area contributed by atoms with Crippen LogP contribution in [0.4, 0.5) is 5.69 Å². The van der Waals surface area contributed by atoms with Gasteiger partial charge in [0.05, 0.1) is 13.2 Å². The van der Waals surface area contributed by atoms with Gasteiger partial charge in [0.15, 0.2) is 17.3 Å². The Hall–Kier alpha value is -3.23. The quantitative estimate of drug-likeness (QED) is 0.438. The van der Waals surface area contributed by atoms with Crippen LogP contribution in [0.5, 0.6) is 11.5 Å². The van der Waals surface area contributed by atoms with Gasteiger partial charge in [-0.05, 0) is 47.4 Å². The van der Waals surface area contributed by atoms with Crippen molar-refractivity contribution >= 4 is 43.7 Å². The molecule has 0 spiro atoms. The minimum absolute atomic E-state index is 0.110. The zero-order valence-electron chi connectivity index (χ0n) is 17.7. The summed E-state index contributed by atoms with van der Waals surface area (Å²) in [7, 11) is 1.60. The topological polar surface area (TPSA) is 47.6 Å². The summed E-state index contributed by atoms with van der Waals surface area (Å²) in [5.74, 6) is 3.82. The standard InChI is InChI=1S/C27H22BrNO3/c1-3-13-32-27-20(14-17(28)15-23(27)31-2)26-25-19(9-6-10-22(25)30)24-18-8-5-4-7-16(18)11-12-21(24)29-26/h1,4-5,7-8,11-12,14-15,26,29H,6,9-10,13H2,2H3/t26-/m0/s1. The molecule has 0 bridgehead atoms. The van der Waals surface area contributed by atoms with Crippen molar-refractivity contribution in [3.05, 3.63) is 69.7 Å². The SMILES string of the molecule is C#CCOc1c(OC)cc(Br)cc1[C@@H]1Nc2ccc3ccccc3c2C2=C1C(=O)CCC2. The molecule has 0 fully saturated rings. The maximum atomic E-state index is 13.3. The maximum absolute atomic E-state index is 13.3. The van der Waals surface area contributed by atoms with Crippen LogP contribution in [0.15, 0.2) is 58.6 Å². The Labute approximate surface area is 195 Å². The molecular formula is C27H22BrNO3. The molecule has 0 radical (unpaired) electrons. The normalized spacial score (nSPS) is 17.3. The number of ketones is 1. The third kappa shape index (κ3) is 3.36. The van der Waals surface area contributed by atoms with E-state index in [0.717, 1.165) is 50.7 Å². The molecule has 1 atom stereocenters. The number of fused-ring (bicyclic) bond motifs is 4. The van der Waals surface area contributed by atoms with Gasteiger partial charge in [-0.15, -0.1) is 6.42 Å². The number of nitrogens with one attached hydrogen (secondary N) is 1. The van der Waals surface area contributed by atoms with E-state index in [2.05, 4.69) is 51.4 Å². The highest BCUT2D eigenvalue weighted by atomic mass is 79.9. The smallest absolute Gasteiger partial charge is 0.168 e. The van der Waals surface area contributed by atoms with Gasteiger partial charge in [-0.25, -0.2) is 0 Å². The third-order valence-electron chi connectivity index (χ3n) is 6.15. The second-order valence-corrected chi connectivity index (χ2v) is 8.89. The first-order valence-electron chi connectivity index (χ1n) is 10.6. The molecule has 3 aromatic carbocycles. The number of rotatable bonds is 4. The molecule has 0 saturated heterocycles. The second-order valence-electron chi connectivity index (χ2n) is 7.97. The van der Waals surface area contributed by atoms with Gasteiger partial charge in [-0.2, -0.15) is 0 Å². The summed E-state index contributed by atoms with van der Waals surface area (Å²) < 4.78 is 12.4. The predicted molar refractivity (Wildman–Crippen MR) is 131 cm³/mol. The number of Topliss-reactive ketones (excluding diaryl/α,β-unsaturated/α-hetero) is 1. The number of anilines is 1. The number of terminal acetylenes is 1. The van der Waals surface area contributed by atoms with Crippen LogP contribution in [-0.4, -0.2) is 19.5 Å². The van der Waals surface area contributed by atoms with Gasteiger partial charge in [0.1, 0.15) is 6.61 Å². The van der Waals surface area contributed by atoms with Crippen LogP contribution in [0.1, 0.15) is 36.4 Å². The summed E-state index contributed by atoms with van der Waals surface area (Å²) >= 11 is 3.59. The fourth-order valence-electron chi connectivity index (χ4n) is 4.86. The van der Waals surface area contributed by atoms with Crippen LogP contribution in [-0.2, 0) is 4.79 Å². The van der Waals surface area contributed by atoms with Gasteiger partial charge in [-0.1, -0.05) is 52.2 Å². The number of allylic oxidation sites excluding steroid dienone is 1. The summed E-state index contributed by atoms with van der Waals surface area (Å²) in [6.45, 7) is 0.110. The van der Waals surface area contributed by atoms with Gasteiger partial charge in [0.2, 0.25) is 0 Å². The molecule has 1 aliphatic heterocycles. The van der Waals surface area contributed by atoms with E-state index in [0.29, 0.717) is 17.9 Å². The molecule has 5 rings (SSSR count). The van der Waals surface area contributed by atoms with Crippen molar-refractivity contribution < 1.29 is 14.3 Å². The molecule has 0 saturated carbocycles. The largest absolute Gasteiger partial charge is 0.493 e. The zero-order chi connectivity index (χ0) is 22.2. The molecular weight excluding hydrogens is 466 g/mol. The highest BCUT2D eigenvalue weighted by Crippen LogP contribution is 2.51. The van der Waals surface area contributed by atoms with Crippen molar-refractivity contribution in [3.8, 4) is 23.8 Å². The molecule has 0 aromatic heterocycles. The Bertz CT molecular complexity index is 1320. The molecule has 5 heteroatoms. The van der Waals surface area contributed by atoms with Crippen LogP contribution >= 0.6 is 15.9 Å². The number of carbonyl (C=O) groups is 1. The Morgan fingerprint density at radius 2 is 2.03 bits per heavy atom. The summed E-state index contributed by atoms with van der Waals surface area (Å²) in [6.07, 6.45) is 7.73. The molecule has 0 unspecified atom stereocenters. The van der Waals surface area contributed by atoms with Crippen LogP contribution in [0.25, 0.3) is 16.3 Å². The van der Waals surface area contributed by atoms with Gasteiger partial charge in [0.25, 0.3) is 0 Å². The fraction of sp³-hybridized carbons (Fsp3) is 0.222. The van der Waals surface area contributed by atoms with E-state index in [-0.39, 0.29) is 18.4 Å². The number of hydrogen-bond acceptors (Lipinski definition) is 4. The highest BCUT2D eigenvalue weighted by molar-refractivity contribution is 9.10. The molecule has 1 heterocycles. The summed E-state index contributed by atoms with van der Waals surface area (Å²) in [5, 5.41) is 5.97. The van der Waals surface area contributed by atoms with Crippen LogP contribution < -0.4 is 14.8 Å². The van der Waals surface area contributed by atoms with Gasteiger partial charge >= 0.3 is 0 Å². The molecule has 1 N–H and O–H groups in total. The number of ether oxygens (including phenoxy) is 2. The number of carbonyl (C=O) groups excluding carboxylic acids is 1. The Morgan fingerprint density at radius 3 is 2.84 bits per heavy atom. The van der Waals surface area contributed by atoms with Gasteiger partial charge in [0, 0.05) is 33.3 Å². The Morgan fingerprint density at radius 1 is 1.19 bits per heavy atom. The van der Waals surface area contributed by atoms with E-state index < -0.39 is 0 Å². The molecule has 4 nitrogen and oxygen atoms in total. The Kier molecular flexibility index (Phi) is 5.40. The van der Waals surface area contributed by atoms with Crippen molar-refractivity contribution in [3.63, 3.8) is 0 Å². The van der Waals surface area contributed by atoms with Crippen LogP contribution in [0.3, 0.4) is 0 Å². The van der Waals surface area contributed by atoms with E-state index in [4.69, 9.17) is 15.9 Å². The molecule has 160 valence electrons. The minimum Gasteiger partial charge on any atom is -0.493 e. The van der Waals surface area contributed by atoms with Crippen molar-refractivity contribution in [1.82, 2.24) is 0 Å². The molecule has 0 amide bonds. The average molecular weight is 488 g/mol. The first kappa shape index (κ1) is 20.7. The maximum Gasteiger partial charge on any atom is 0.168 e.